The molecule has 2 heterocycles. The Bertz CT molecular complexity index is 1530. The lowest BCUT2D eigenvalue weighted by Crippen LogP contribution is -2.38. The van der Waals surface area contributed by atoms with Crippen LogP contribution in [0.1, 0.15) is 29.7 Å². The molecule has 192 valence electrons. The maximum atomic E-state index is 5.55. The zero-order valence-electron chi connectivity index (χ0n) is 21.9. The average Bonchev–Trinajstić information content (AvgIpc) is 2.98. The normalized spacial score (nSPS) is 14.7. The number of aromatic nitrogens is 2. The Labute approximate surface area is 224 Å². The summed E-state index contributed by atoms with van der Waals surface area (Å²) in [4.78, 5) is 2.56. The number of rotatable bonds is 8. The highest BCUT2D eigenvalue weighted by molar-refractivity contribution is 5.94. The van der Waals surface area contributed by atoms with E-state index in [0.717, 1.165) is 73.4 Å². The molecule has 0 unspecified atom stereocenters. The molecule has 6 rings (SSSR count). The van der Waals surface area contributed by atoms with Gasteiger partial charge in [-0.25, -0.2) is 0 Å². The van der Waals surface area contributed by atoms with E-state index in [2.05, 4.69) is 105 Å². The number of piperidine rings is 1. The predicted molar refractivity (Wildman–Crippen MR) is 156 cm³/mol. The number of likely N-dealkylation sites (tertiary alicyclic amines) is 1. The number of nitrogens with zero attached hydrogens (tertiary/aromatic N) is 3. The second-order valence-corrected chi connectivity index (χ2v) is 10.3. The lowest BCUT2D eigenvalue weighted by atomic mass is 10.0. The van der Waals surface area contributed by atoms with E-state index in [0.29, 0.717) is 6.04 Å². The van der Waals surface area contributed by atoms with Gasteiger partial charge in [-0.1, -0.05) is 66.7 Å². The Kier molecular flexibility index (Phi) is 7.18. The van der Waals surface area contributed by atoms with Crippen molar-refractivity contribution in [2.75, 3.05) is 25.5 Å². The van der Waals surface area contributed by atoms with Crippen molar-refractivity contribution in [2.45, 2.75) is 38.3 Å². The summed E-state index contributed by atoms with van der Waals surface area (Å²) in [7, 11) is 1.71. The zero-order chi connectivity index (χ0) is 25.7. The van der Waals surface area contributed by atoms with Gasteiger partial charge in [0.25, 0.3) is 0 Å². The molecular formula is C33H34N4O. The monoisotopic (exact) mass is 502 g/mol. The van der Waals surface area contributed by atoms with E-state index in [1.54, 1.807) is 7.11 Å². The fourth-order valence-corrected chi connectivity index (χ4v) is 5.54. The Morgan fingerprint density at radius 1 is 0.763 bits per heavy atom. The third-order valence-electron chi connectivity index (χ3n) is 7.71. The first-order valence-corrected chi connectivity index (χ1v) is 13.6. The molecule has 0 aliphatic carbocycles. The van der Waals surface area contributed by atoms with Gasteiger partial charge in [-0.05, 0) is 71.8 Å². The molecule has 1 aromatic heterocycles. The summed E-state index contributed by atoms with van der Waals surface area (Å²) in [5, 5.41) is 17.9. The summed E-state index contributed by atoms with van der Waals surface area (Å²) >= 11 is 0. The molecule has 0 saturated carbocycles. The average molecular weight is 503 g/mol. The molecule has 4 aromatic carbocycles. The van der Waals surface area contributed by atoms with Crippen LogP contribution in [0.3, 0.4) is 0 Å². The molecule has 5 aromatic rings. The van der Waals surface area contributed by atoms with Gasteiger partial charge >= 0.3 is 0 Å². The van der Waals surface area contributed by atoms with Crippen molar-refractivity contribution in [1.82, 2.24) is 15.1 Å². The number of methoxy groups -OCH3 is 1. The fraction of sp³-hybridized carbons (Fsp3) is 0.273. The highest BCUT2D eigenvalue weighted by Crippen LogP contribution is 2.30. The van der Waals surface area contributed by atoms with Gasteiger partial charge in [0.05, 0.1) is 12.8 Å². The number of aryl methyl sites for hydroxylation is 2. The van der Waals surface area contributed by atoms with Crippen LogP contribution in [0, 0.1) is 0 Å². The van der Waals surface area contributed by atoms with Crippen molar-refractivity contribution in [2.24, 2.45) is 0 Å². The van der Waals surface area contributed by atoms with E-state index >= 15 is 0 Å². The minimum absolute atomic E-state index is 0.377. The number of nitrogens with one attached hydrogen (secondary N) is 1. The van der Waals surface area contributed by atoms with Crippen molar-refractivity contribution in [3.8, 4) is 5.75 Å². The lowest BCUT2D eigenvalue weighted by Gasteiger charge is -2.32. The highest BCUT2D eigenvalue weighted by atomic mass is 16.5. The smallest absolute Gasteiger partial charge is 0.156 e. The number of anilines is 1. The van der Waals surface area contributed by atoms with E-state index in [1.807, 2.05) is 6.07 Å². The first kappa shape index (κ1) is 24.4. The molecule has 5 heteroatoms. The van der Waals surface area contributed by atoms with Crippen LogP contribution in [0.5, 0.6) is 5.75 Å². The molecule has 38 heavy (non-hydrogen) atoms. The van der Waals surface area contributed by atoms with Crippen LogP contribution in [0.15, 0.2) is 91.0 Å². The molecule has 1 saturated heterocycles. The van der Waals surface area contributed by atoms with Crippen molar-refractivity contribution < 1.29 is 4.74 Å². The Morgan fingerprint density at radius 3 is 2.37 bits per heavy atom. The molecule has 0 spiro atoms. The predicted octanol–water partition coefficient (Wildman–Crippen LogP) is 6.65. The summed E-state index contributed by atoms with van der Waals surface area (Å²) in [6.07, 6.45) is 3.96. The maximum absolute atomic E-state index is 5.55. The Morgan fingerprint density at radius 2 is 1.55 bits per heavy atom. The summed E-state index contributed by atoms with van der Waals surface area (Å²) in [5.74, 6) is 1.70. The van der Waals surface area contributed by atoms with E-state index in [-0.39, 0.29) is 0 Å². The lowest BCUT2D eigenvalue weighted by molar-refractivity contribution is 0.211. The van der Waals surface area contributed by atoms with Gasteiger partial charge in [0.15, 0.2) is 5.82 Å². The second-order valence-electron chi connectivity index (χ2n) is 10.3. The van der Waals surface area contributed by atoms with E-state index in [9.17, 15) is 0 Å². The van der Waals surface area contributed by atoms with Gasteiger partial charge in [0, 0.05) is 36.4 Å². The summed E-state index contributed by atoms with van der Waals surface area (Å²) in [6, 6.07) is 32.6. The molecule has 0 amide bonds. The van der Waals surface area contributed by atoms with Crippen LogP contribution in [-0.2, 0) is 19.4 Å². The molecule has 0 bridgehead atoms. The van der Waals surface area contributed by atoms with Gasteiger partial charge < -0.3 is 10.1 Å². The molecule has 1 aliphatic rings. The van der Waals surface area contributed by atoms with Crippen LogP contribution in [0.4, 0.5) is 5.82 Å². The Balaban J connectivity index is 1.13. The topological polar surface area (TPSA) is 50.3 Å². The summed E-state index contributed by atoms with van der Waals surface area (Å²) in [6.45, 7) is 3.12. The van der Waals surface area contributed by atoms with Crippen molar-refractivity contribution in [3.63, 3.8) is 0 Å². The minimum atomic E-state index is 0.377. The van der Waals surface area contributed by atoms with Crippen LogP contribution in [0.25, 0.3) is 21.5 Å². The highest BCUT2D eigenvalue weighted by Gasteiger charge is 2.21. The number of fused-ring (bicyclic) bond motifs is 2. The molecule has 5 nitrogen and oxygen atoms in total. The van der Waals surface area contributed by atoms with Gasteiger partial charge in [-0.3, -0.25) is 4.90 Å². The quantitative estimate of drug-likeness (QED) is 0.257. The third-order valence-corrected chi connectivity index (χ3v) is 7.71. The van der Waals surface area contributed by atoms with E-state index in [1.165, 1.54) is 21.9 Å². The molecule has 1 fully saturated rings. The van der Waals surface area contributed by atoms with Gasteiger partial charge in [0.2, 0.25) is 0 Å². The molecule has 0 radical (unpaired) electrons. The van der Waals surface area contributed by atoms with Crippen molar-refractivity contribution >= 4 is 27.4 Å². The second kappa shape index (κ2) is 11.2. The third kappa shape index (κ3) is 5.48. The largest absolute Gasteiger partial charge is 0.497 e. The minimum Gasteiger partial charge on any atom is -0.497 e. The van der Waals surface area contributed by atoms with Crippen molar-refractivity contribution in [1.29, 1.82) is 0 Å². The number of ether oxygens (including phenoxy) is 1. The van der Waals surface area contributed by atoms with Crippen molar-refractivity contribution in [3.05, 3.63) is 108 Å². The molecule has 0 atom stereocenters. The van der Waals surface area contributed by atoms with Gasteiger partial charge in [-0.2, -0.15) is 5.10 Å². The molecule has 1 N–H and O–H groups in total. The number of hydrogen-bond acceptors (Lipinski definition) is 5. The first-order valence-electron chi connectivity index (χ1n) is 13.6. The van der Waals surface area contributed by atoms with Crippen LogP contribution >= 0.6 is 0 Å². The SMILES string of the molecule is COc1ccc2c(CCc3ccccc3)nnc(NC3CCN(Cc4ccc5ccccc5c4)CC3)c2c1. The Hall–Kier alpha value is -3.96. The summed E-state index contributed by atoms with van der Waals surface area (Å²) < 4.78 is 5.55. The first-order chi connectivity index (χ1) is 18.7. The van der Waals surface area contributed by atoms with E-state index < -0.39 is 0 Å². The molecular weight excluding hydrogens is 468 g/mol. The maximum Gasteiger partial charge on any atom is 0.156 e. The van der Waals surface area contributed by atoms with Crippen LogP contribution in [0.2, 0.25) is 0 Å². The summed E-state index contributed by atoms with van der Waals surface area (Å²) in [5.41, 5.74) is 3.72. The number of hydrogen-bond donors (Lipinski definition) is 1. The zero-order valence-corrected chi connectivity index (χ0v) is 21.9. The standard InChI is InChI=1S/C33H34N4O/c1-38-29-14-15-30-31(22-29)33(36-35-32(30)16-12-24-7-3-2-4-8-24)34-28-17-19-37(20-18-28)23-25-11-13-26-9-5-6-10-27(26)21-25/h2-11,13-15,21-22,28H,12,16-20,23H2,1H3,(H,34,36). The fourth-order valence-electron chi connectivity index (χ4n) is 5.54. The van der Waals surface area contributed by atoms with Crippen LogP contribution < -0.4 is 10.1 Å². The number of benzene rings is 4. The van der Waals surface area contributed by atoms with Gasteiger partial charge in [0.1, 0.15) is 5.75 Å². The molecule has 1 aliphatic heterocycles. The van der Waals surface area contributed by atoms with E-state index in [4.69, 9.17) is 4.74 Å². The van der Waals surface area contributed by atoms with Crippen LogP contribution in [-0.4, -0.2) is 41.3 Å². The van der Waals surface area contributed by atoms with Gasteiger partial charge in [-0.15, -0.1) is 5.10 Å².